The van der Waals surface area contributed by atoms with Crippen molar-refractivity contribution in [3.63, 3.8) is 0 Å². The third-order valence-corrected chi connectivity index (χ3v) is 2.91. The van der Waals surface area contributed by atoms with Crippen molar-refractivity contribution < 1.29 is 14.3 Å². The fourth-order valence-electron chi connectivity index (χ4n) is 1.29. The molecule has 0 aliphatic carbocycles. The number of halogens is 1. The molecule has 0 unspecified atom stereocenters. The van der Waals surface area contributed by atoms with E-state index in [0.717, 1.165) is 0 Å². The number of benzene rings is 1. The third kappa shape index (κ3) is 4.58. The molecule has 0 saturated heterocycles. The van der Waals surface area contributed by atoms with Gasteiger partial charge in [0.25, 0.3) is 0 Å². The average Bonchev–Trinajstić information content (AvgIpc) is 2.34. The van der Waals surface area contributed by atoms with Crippen molar-refractivity contribution in [2.45, 2.75) is 19.6 Å². The Morgan fingerprint density at radius 2 is 2.11 bits per heavy atom. The van der Waals surface area contributed by atoms with Crippen LogP contribution < -0.4 is 5.32 Å². The van der Waals surface area contributed by atoms with Crippen molar-refractivity contribution in [3.8, 4) is 0 Å². The van der Waals surface area contributed by atoms with Gasteiger partial charge in [-0.3, -0.25) is 4.79 Å². The number of nitrogens with one attached hydrogen (secondary N) is 1. The molecule has 0 aliphatic rings. The Morgan fingerprint density at radius 3 is 2.67 bits per heavy atom. The summed E-state index contributed by atoms with van der Waals surface area (Å²) in [5.41, 5.74) is 0.716. The highest BCUT2D eigenvalue weighted by molar-refractivity contribution is 7.80. The van der Waals surface area contributed by atoms with Crippen LogP contribution in [0.5, 0.6) is 0 Å². The molecule has 0 saturated carbocycles. The van der Waals surface area contributed by atoms with E-state index in [0.29, 0.717) is 10.6 Å². The van der Waals surface area contributed by atoms with Gasteiger partial charge in [0.15, 0.2) is 0 Å². The Hall–Kier alpha value is -1.20. The largest absolute Gasteiger partial charge is 0.459 e. The Bertz CT molecular complexity index is 439. The summed E-state index contributed by atoms with van der Waals surface area (Å²) in [6.45, 7) is 1.40. The molecule has 0 radical (unpaired) electrons. The molecule has 1 aromatic rings. The zero-order chi connectivity index (χ0) is 13.5. The fraction of sp³-hybridized carbons (Fsp3) is 0.333. The van der Waals surface area contributed by atoms with Crippen LogP contribution in [0.4, 0.5) is 0 Å². The van der Waals surface area contributed by atoms with Gasteiger partial charge in [-0.2, -0.15) is 12.6 Å². The van der Waals surface area contributed by atoms with Gasteiger partial charge in [0, 0.05) is 23.3 Å². The fourth-order valence-corrected chi connectivity index (χ4v) is 1.72. The lowest BCUT2D eigenvalue weighted by atomic mass is 10.2. The molecule has 4 nitrogen and oxygen atoms in total. The van der Waals surface area contributed by atoms with E-state index in [2.05, 4.69) is 17.9 Å². The van der Waals surface area contributed by atoms with E-state index in [4.69, 9.17) is 16.3 Å². The van der Waals surface area contributed by atoms with Crippen LogP contribution in [0.3, 0.4) is 0 Å². The van der Waals surface area contributed by atoms with Gasteiger partial charge in [0.1, 0.15) is 12.6 Å². The summed E-state index contributed by atoms with van der Waals surface area (Å²) in [7, 11) is 0. The van der Waals surface area contributed by atoms with Gasteiger partial charge in [0.2, 0.25) is 5.91 Å². The zero-order valence-corrected chi connectivity index (χ0v) is 11.5. The number of rotatable bonds is 5. The van der Waals surface area contributed by atoms with E-state index in [1.165, 1.54) is 6.92 Å². The normalized spacial score (nSPS) is 11.7. The lowest BCUT2D eigenvalue weighted by Crippen LogP contribution is -2.42. The first-order valence-corrected chi connectivity index (χ1v) is 6.33. The van der Waals surface area contributed by atoms with E-state index in [-0.39, 0.29) is 18.3 Å². The smallest absolute Gasteiger partial charge is 0.329 e. The SMILES string of the molecule is CC(=O)N[C@@H](CS)C(=O)OCc1ccccc1Cl. The molecule has 1 amide bonds. The zero-order valence-electron chi connectivity index (χ0n) is 9.85. The molecule has 0 aromatic heterocycles. The first kappa shape index (κ1) is 14.9. The number of hydrogen-bond acceptors (Lipinski definition) is 4. The highest BCUT2D eigenvalue weighted by atomic mass is 35.5. The van der Waals surface area contributed by atoms with Crippen LogP contribution in [0, 0.1) is 0 Å². The molecule has 18 heavy (non-hydrogen) atoms. The van der Waals surface area contributed by atoms with Crippen LogP contribution in [0.2, 0.25) is 5.02 Å². The highest BCUT2D eigenvalue weighted by Crippen LogP contribution is 2.15. The summed E-state index contributed by atoms with van der Waals surface area (Å²) >= 11 is 9.92. The predicted molar refractivity (Wildman–Crippen MR) is 72.7 cm³/mol. The average molecular weight is 288 g/mol. The molecular weight excluding hydrogens is 274 g/mol. The first-order valence-electron chi connectivity index (χ1n) is 5.32. The van der Waals surface area contributed by atoms with E-state index >= 15 is 0 Å². The Labute approximate surface area is 116 Å². The van der Waals surface area contributed by atoms with Crippen molar-refractivity contribution in [3.05, 3.63) is 34.9 Å². The summed E-state index contributed by atoms with van der Waals surface area (Å²) < 4.78 is 5.08. The number of hydrogen-bond donors (Lipinski definition) is 2. The second kappa shape index (κ2) is 7.28. The van der Waals surface area contributed by atoms with Crippen LogP contribution in [0.1, 0.15) is 12.5 Å². The van der Waals surface area contributed by atoms with Crippen LogP contribution in [-0.2, 0) is 20.9 Å². The molecule has 98 valence electrons. The van der Waals surface area contributed by atoms with Crippen molar-refractivity contribution >= 4 is 36.1 Å². The Kier molecular flexibility index (Phi) is 6.01. The molecule has 0 heterocycles. The maximum atomic E-state index is 11.7. The number of esters is 1. The minimum absolute atomic E-state index is 0.0718. The second-order valence-corrected chi connectivity index (χ2v) is 4.41. The van der Waals surface area contributed by atoms with Gasteiger partial charge in [0.05, 0.1) is 0 Å². The molecule has 0 fully saturated rings. The number of amides is 1. The Balaban J connectivity index is 2.54. The summed E-state index contributed by atoms with van der Waals surface area (Å²) in [4.78, 5) is 22.5. The maximum Gasteiger partial charge on any atom is 0.329 e. The number of carbonyl (C=O) groups excluding carboxylic acids is 2. The molecule has 1 rings (SSSR count). The summed E-state index contributed by atoms with van der Waals surface area (Å²) in [5.74, 6) is -0.648. The van der Waals surface area contributed by atoms with E-state index in [1.807, 2.05) is 0 Å². The lowest BCUT2D eigenvalue weighted by molar-refractivity contribution is -0.148. The third-order valence-electron chi connectivity index (χ3n) is 2.17. The van der Waals surface area contributed by atoms with E-state index in [1.54, 1.807) is 24.3 Å². The first-order chi connectivity index (χ1) is 8.54. The second-order valence-electron chi connectivity index (χ2n) is 3.63. The molecule has 6 heteroatoms. The van der Waals surface area contributed by atoms with Crippen molar-refractivity contribution in [2.75, 3.05) is 5.75 Å². The van der Waals surface area contributed by atoms with E-state index in [9.17, 15) is 9.59 Å². The summed E-state index contributed by atoms with van der Waals surface area (Å²) in [5, 5.41) is 2.99. The minimum atomic E-state index is -0.742. The standard InChI is InChI=1S/C12H14ClNO3S/c1-8(15)14-11(7-18)12(16)17-6-9-4-2-3-5-10(9)13/h2-5,11,18H,6-7H2,1H3,(H,14,15)/t11-/m0/s1. The molecule has 1 N–H and O–H groups in total. The number of carbonyl (C=O) groups is 2. The van der Waals surface area contributed by atoms with Gasteiger partial charge >= 0.3 is 5.97 Å². The lowest BCUT2D eigenvalue weighted by Gasteiger charge is -2.14. The van der Waals surface area contributed by atoms with E-state index < -0.39 is 12.0 Å². The van der Waals surface area contributed by atoms with Crippen LogP contribution >= 0.6 is 24.2 Å². The van der Waals surface area contributed by atoms with Gasteiger partial charge in [-0.15, -0.1) is 0 Å². The van der Waals surface area contributed by atoms with Gasteiger partial charge in [-0.1, -0.05) is 29.8 Å². The predicted octanol–water partition coefficient (Wildman–Crippen LogP) is 1.82. The topological polar surface area (TPSA) is 55.4 Å². The minimum Gasteiger partial charge on any atom is -0.459 e. The number of thiol groups is 1. The molecule has 0 aliphatic heterocycles. The molecule has 0 spiro atoms. The molecule has 0 bridgehead atoms. The van der Waals surface area contributed by atoms with Crippen LogP contribution in [0.15, 0.2) is 24.3 Å². The summed E-state index contributed by atoms with van der Waals surface area (Å²) in [6, 6.07) is 6.34. The van der Waals surface area contributed by atoms with Gasteiger partial charge in [-0.25, -0.2) is 4.79 Å². The van der Waals surface area contributed by atoms with Crippen LogP contribution in [0.25, 0.3) is 0 Å². The molecule has 1 atom stereocenters. The quantitative estimate of drug-likeness (QED) is 0.642. The highest BCUT2D eigenvalue weighted by Gasteiger charge is 2.19. The summed E-state index contributed by atoms with van der Waals surface area (Å²) in [6.07, 6.45) is 0. The number of ether oxygens (including phenoxy) is 1. The van der Waals surface area contributed by atoms with Crippen LogP contribution in [-0.4, -0.2) is 23.7 Å². The molecular formula is C12H14ClNO3S. The van der Waals surface area contributed by atoms with Crippen molar-refractivity contribution in [2.24, 2.45) is 0 Å². The van der Waals surface area contributed by atoms with Gasteiger partial charge < -0.3 is 10.1 Å². The Morgan fingerprint density at radius 1 is 1.44 bits per heavy atom. The maximum absolute atomic E-state index is 11.7. The van der Waals surface area contributed by atoms with Crippen molar-refractivity contribution in [1.82, 2.24) is 5.32 Å². The van der Waals surface area contributed by atoms with Gasteiger partial charge in [-0.05, 0) is 6.07 Å². The molecule has 1 aromatic carbocycles. The van der Waals surface area contributed by atoms with Crippen molar-refractivity contribution in [1.29, 1.82) is 0 Å². The monoisotopic (exact) mass is 287 g/mol.